The van der Waals surface area contributed by atoms with Crippen LogP contribution in [0, 0.1) is 11.3 Å². The smallest absolute Gasteiger partial charge is 0.264 e. The Labute approximate surface area is 238 Å². The van der Waals surface area contributed by atoms with Crippen molar-refractivity contribution in [2.75, 3.05) is 24.3 Å². The number of ether oxygens (including phenoxy) is 2. The minimum absolute atomic E-state index is 0.102. The van der Waals surface area contributed by atoms with E-state index in [0.29, 0.717) is 34.0 Å². The largest absolute Gasteiger partial charge is 0.496 e. The van der Waals surface area contributed by atoms with Crippen molar-refractivity contribution in [2.45, 2.75) is 6.42 Å². The zero-order valence-electron chi connectivity index (χ0n) is 22.2. The highest BCUT2D eigenvalue weighted by Gasteiger charge is 2.27. The molecule has 0 aliphatic carbocycles. The second-order valence-corrected chi connectivity index (χ2v) is 10.9. The lowest BCUT2D eigenvalue weighted by Gasteiger charge is -2.18. The zero-order valence-corrected chi connectivity index (χ0v) is 23.0. The summed E-state index contributed by atoms with van der Waals surface area (Å²) in [6.45, 7) is 0.212. The number of carbonyl (C=O) groups is 1. The van der Waals surface area contributed by atoms with Gasteiger partial charge in [-0.2, -0.15) is 13.7 Å². The lowest BCUT2D eigenvalue weighted by Crippen LogP contribution is -2.23. The van der Waals surface area contributed by atoms with E-state index in [2.05, 4.69) is 0 Å². The van der Waals surface area contributed by atoms with Crippen LogP contribution in [-0.2, 0) is 10.1 Å². The average molecular weight is 567 g/mol. The van der Waals surface area contributed by atoms with Crippen LogP contribution in [0.1, 0.15) is 16.8 Å². The summed E-state index contributed by atoms with van der Waals surface area (Å²) < 4.78 is 43.5. The van der Waals surface area contributed by atoms with Crippen LogP contribution < -0.4 is 14.4 Å². The number of carbonyl (C=O) groups excluding carboxylic acids is 1. The second kappa shape index (κ2) is 11.7. The van der Waals surface area contributed by atoms with Crippen molar-refractivity contribution in [3.8, 4) is 28.7 Å². The second-order valence-electron chi connectivity index (χ2n) is 9.33. The third-order valence-corrected chi connectivity index (χ3v) is 7.53. The van der Waals surface area contributed by atoms with Gasteiger partial charge in [0.1, 0.15) is 17.4 Å². The van der Waals surface area contributed by atoms with Crippen LogP contribution in [0.25, 0.3) is 21.9 Å². The monoisotopic (exact) mass is 566 g/mol. The molecule has 9 heteroatoms. The van der Waals surface area contributed by atoms with E-state index in [0.717, 1.165) is 16.5 Å². The normalized spacial score (nSPS) is 14.0. The van der Waals surface area contributed by atoms with Crippen molar-refractivity contribution in [2.24, 2.45) is 0 Å². The molecule has 0 atom stereocenters. The summed E-state index contributed by atoms with van der Waals surface area (Å²) in [6.07, 6.45) is 3.05. The van der Waals surface area contributed by atoms with Crippen molar-refractivity contribution in [1.29, 1.82) is 5.26 Å². The molecular formula is C32H26N2O6S. The Balaban J connectivity index is 1.50. The Bertz CT molecular complexity index is 1840. The van der Waals surface area contributed by atoms with Gasteiger partial charge in [-0.1, -0.05) is 60.7 Å². The van der Waals surface area contributed by atoms with Crippen LogP contribution in [-0.4, -0.2) is 38.2 Å². The molecule has 0 aromatic heterocycles. The average Bonchev–Trinajstić information content (AvgIpc) is 3.33. The van der Waals surface area contributed by atoms with E-state index in [-0.39, 0.29) is 18.5 Å². The molecule has 0 amide bonds. The Morgan fingerprint density at radius 2 is 1.73 bits per heavy atom. The molecule has 1 N–H and O–H groups in total. The molecule has 1 heterocycles. The van der Waals surface area contributed by atoms with Crippen molar-refractivity contribution >= 4 is 32.4 Å². The number of nitrogens with zero attached hydrogens (tertiary/aromatic N) is 2. The maximum atomic E-state index is 13.5. The molecule has 4 aromatic carbocycles. The van der Waals surface area contributed by atoms with Gasteiger partial charge in [-0.05, 0) is 53.3 Å². The number of anilines is 1. The molecule has 1 aliphatic heterocycles. The molecule has 0 saturated carbocycles. The Morgan fingerprint density at radius 3 is 2.44 bits per heavy atom. The number of benzene rings is 4. The van der Waals surface area contributed by atoms with Gasteiger partial charge in [0.25, 0.3) is 10.1 Å². The fraction of sp³-hybridized carbons (Fsp3) is 0.125. The van der Waals surface area contributed by atoms with Crippen LogP contribution in [0.2, 0.25) is 0 Å². The number of rotatable bonds is 9. The number of nitriles is 1. The van der Waals surface area contributed by atoms with Crippen molar-refractivity contribution in [1.82, 2.24) is 0 Å². The minimum atomic E-state index is -4.15. The van der Waals surface area contributed by atoms with E-state index < -0.39 is 21.7 Å². The molecule has 4 aromatic rings. The summed E-state index contributed by atoms with van der Waals surface area (Å²) >= 11 is 0. The van der Waals surface area contributed by atoms with Gasteiger partial charge in [0, 0.05) is 23.6 Å². The predicted octanol–water partition coefficient (Wildman–Crippen LogP) is 6.17. The molecule has 5 rings (SSSR count). The van der Waals surface area contributed by atoms with Gasteiger partial charge in [-0.3, -0.25) is 9.35 Å². The van der Waals surface area contributed by atoms with Crippen LogP contribution in [0.3, 0.4) is 0 Å². The molecule has 206 valence electrons. The van der Waals surface area contributed by atoms with Crippen LogP contribution in [0.15, 0.2) is 109 Å². The first-order valence-electron chi connectivity index (χ1n) is 12.8. The van der Waals surface area contributed by atoms with E-state index in [1.165, 1.54) is 12.2 Å². The quantitative estimate of drug-likeness (QED) is 0.111. The van der Waals surface area contributed by atoms with E-state index >= 15 is 0 Å². The van der Waals surface area contributed by atoms with Gasteiger partial charge in [-0.15, -0.1) is 0 Å². The summed E-state index contributed by atoms with van der Waals surface area (Å²) in [5, 5.41) is 11.3. The van der Waals surface area contributed by atoms with E-state index in [9.17, 15) is 23.0 Å². The highest BCUT2D eigenvalue weighted by Crippen LogP contribution is 2.42. The summed E-state index contributed by atoms with van der Waals surface area (Å²) in [4.78, 5) is 15.2. The molecule has 0 bridgehead atoms. The third-order valence-electron chi connectivity index (χ3n) is 6.73. The van der Waals surface area contributed by atoms with Crippen molar-refractivity contribution < 1.29 is 27.2 Å². The van der Waals surface area contributed by atoms with Crippen LogP contribution in [0.4, 0.5) is 5.69 Å². The maximum absolute atomic E-state index is 13.5. The Kier molecular flexibility index (Phi) is 7.88. The molecule has 0 unspecified atom stereocenters. The first-order chi connectivity index (χ1) is 19.8. The van der Waals surface area contributed by atoms with E-state index in [1.807, 2.05) is 72.8 Å². The van der Waals surface area contributed by atoms with Crippen molar-refractivity contribution in [3.05, 3.63) is 114 Å². The maximum Gasteiger partial charge on any atom is 0.264 e. The van der Waals surface area contributed by atoms with Crippen molar-refractivity contribution in [3.63, 3.8) is 0 Å². The van der Waals surface area contributed by atoms with Crippen LogP contribution >= 0.6 is 0 Å². The molecule has 1 aliphatic rings. The number of ketones is 1. The molecule has 8 nitrogen and oxygen atoms in total. The predicted molar refractivity (Wildman–Crippen MR) is 157 cm³/mol. The Morgan fingerprint density at radius 1 is 1.00 bits per heavy atom. The van der Waals surface area contributed by atoms with Gasteiger partial charge >= 0.3 is 0 Å². The molecule has 0 saturated heterocycles. The topological polar surface area (TPSA) is 117 Å². The number of fused-ring (bicyclic) bond motifs is 2. The summed E-state index contributed by atoms with van der Waals surface area (Å²) in [5.74, 6) is 0.604. The zero-order chi connectivity index (χ0) is 29.0. The fourth-order valence-corrected chi connectivity index (χ4v) is 5.28. The minimum Gasteiger partial charge on any atom is -0.496 e. The number of Topliss-reactive ketones (excluding diaryl/α,β-unsaturated/α-hetero) is 1. The lowest BCUT2D eigenvalue weighted by atomic mass is 9.97. The SMILES string of the molecule is COc1ccc(C(=O)/C(C#N)=C/C=C2\Oc3ccc(-c4ccccc4)cc3N2CCCS(=O)(=O)O)c2ccccc12. The van der Waals surface area contributed by atoms with E-state index in [4.69, 9.17) is 9.47 Å². The van der Waals surface area contributed by atoms with Gasteiger partial charge in [0.2, 0.25) is 11.7 Å². The van der Waals surface area contributed by atoms with Crippen LogP contribution in [0.5, 0.6) is 11.5 Å². The summed E-state index contributed by atoms with van der Waals surface area (Å²) in [7, 11) is -2.60. The van der Waals surface area contributed by atoms with Gasteiger partial charge in [0.05, 0.1) is 18.6 Å². The molecule has 41 heavy (non-hydrogen) atoms. The number of methoxy groups -OCH3 is 1. The first-order valence-corrected chi connectivity index (χ1v) is 14.4. The number of hydrogen-bond donors (Lipinski definition) is 1. The van der Waals surface area contributed by atoms with Gasteiger partial charge in [-0.25, -0.2) is 0 Å². The number of hydrogen-bond acceptors (Lipinski definition) is 7. The Hall–Kier alpha value is -4.91. The van der Waals surface area contributed by atoms with Gasteiger partial charge < -0.3 is 14.4 Å². The fourth-order valence-electron chi connectivity index (χ4n) is 4.78. The highest BCUT2D eigenvalue weighted by molar-refractivity contribution is 7.85. The number of allylic oxidation sites excluding steroid dienone is 3. The molecule has 0 fully saturated rings. The summed E-state index contributed by atoms with van der Waals surface area (Å²) in [5.41, 5.74) is 2.89. The highest BCUT2D eigenvalue weighted by atomic mass is 32.2. The third kappa shape index (κ3) is 5.99. The molecule has 0 radical (unpaired) electrons. The first kappa shape index (κ1) is 27.6. The standard InChI is InChI=1S/C32H26N2O6S/c1-39-29-16-14-27(25-10-5-6-11-26(25)29)32(35)24(21-33)13-17-31-34(18-7-19-41(36,37)38)28-20-23(12-15-30(28)40-31)22-8-3-2-4-9-22/h2-6,8-17,20H,7,18-19H2,1H3,(H,36,37,38)/b24-13+,31-17-. The molecule has 0 spiro atoms. The lowest BCUT2D eigenvalue weighted by molar-refractivity contribution is 0.104. The van der Waals surface area contributed by atoms with E-state index in [1.54, 1.807) is 30.2 Å². The van der Waals surface area contributed by atoms with Gasteiger partial charge in [0.15, 0.2) is 5.75 Å². The molecular weight excluding hydrogens is 540 g/mol. The summed E-state index contributed by atoms with van der Waals surface area (Å²) in [6, 6.07) is 28.1.